The Labute approximate surface area is 333 Å². The van der Waals surface area contributed by atoms with Gasteiger partial charge in [-0.2, -0.15) is 0 Å². The molecule has 2 aromatic carbocycles. The maximum atomic E-state index is 13.6. The van der Waals surface area contributed by atoms with Crippen LogP contribution in [0.1, 0.15) is 87.0 Å². The summed E-state index contributed by atoms with van der Waals surface area (Å²) in [4.78, 5) is 84.8. The first-order valence-electron chi connectivity index (χ1n) is 19.7. The maximum Gasteiger partial charge on any atom is 0.270 e. The van der Waals surface area contributed by atoms with Gasteiger partial charge in [0.05, 0.1) is 29.7 Å². The Balaban J connectivity index is 0.746. The Hall–Kier alpha value is -6.71. The number of aromatic nitrogens is 5. The van der Waals surface area contributed by atoms with Crippen molar-refractivity contribution in [2.24, 2.45) is 5.92 Å². The van der Waals surface area contributed by atoms with Gasteiger partial charge in [0.25, 0.3) is 17.7 Å². The number of aryl methyl sites for hydroxylation is 1. The van der Waals surface area contributed by atoms with Crippen molar-refractivity contribution in [2.75, 3.05) is 29.9 Å². The van der Waals surface area contributed by atoms with Gasteiger partial charge < -0.3 is 24.8 Å². The summed E-state index contributed by atoms with van der Waals surface area (Å²) in [6.45, 7) is 4.33. The summed E-state index contributed by atoms with van der Waals surface area (Å²) in [6.07, 6.45) is 6.77. The number of imide groups is 2. The van der Waals surface area contributed by atoms with Crippen LogP contribution in [-0.4, -0.2) is 90.7 Å². The standard InChI is InChI=1S/C42H42N10O6/c1-24-4-2-6-31(47-24)39(54)48-27-18-28(19-27)51-23-46-36-37(44-22-45-38(36)51)43-20-25-8-10-29(11-9-25)58-21-26-14-16-50(17-15-26)32-7-3-5-30-35(32)42(57)52(41(30)56)33-12-13-34(53)49-40(33)55/h2-11,22-23,26-28,33H,12-21H2,1H3,(H,48,54)(H,43,44,45)(H,49,53,55)/t27?,28?,33-/m0/s1. The van der Waals surface area contributed by atoms with Crippen molar-refractivity contribution < 1.29 is 28.7 Å². The first-order valence-corrected chi connectivity index (χ1v) is 19.7. The first-order chi connectivity index (χ1) is 28.2. The molecular formula is C42H42N10O6. The Morgan fingerprint density at radius 3 is 2.48 bits per heavy atom. The van der Waals surface area contributed by atoms with Crippen LogP contribution in [-0.2, 0) is 16.1 Å². The Morgan fingerprint density at radius 1 is 0.914 bits per heavy atom. The summed E-state index contributed by atoms with van der Waals surface area (Å²) >= 11 is 0. The number of benzene rings is 2. The monoisotopic (exact) mass is 782 g/mol. The number of ether oxygens (including phenoxy) is 1. The number of imidazole rings is 1. The second-order valence-corrected chi connectivity index (χ2v) is 15.4. The zero-order valence-corrected chi connectivity index (χ0v) is 31.9. The van der Waals surface area contributed by atoms with E-state index in [4.69, 9.17) is 4.74 Å². The Kier molecular flexibility index (Phi) is 9.75. The summed E-state index contributed by atoms with van der Waals surface area (Å²) in [5.74, 6) is -0.435. The number of nitrogens with zero attached hydrogens (tertiary/aromatic N) is 7. The molecule has 16 heteroatoms. The van der Waals surface area contributed by atoms with Gasteiger partial charge in [0.15, 0.2) is 11.5 Å². The second-order valence-electron chi connectivity index (χ2n) is 15.4. The van der Waals surface area contributed by atoms with E-state index < -0.39 is 29.7 Å². The van der Waals surface area contributed by atoms with Gasteiger partial charge in [-0.05, 0) is 86.9 Å². The van der Waals surface area contributed by atoms with Gasteiger partial charge in [0, 0.05) is 43.8 Å². The highest BCUT2D eigenvalue weighted by molar-refractivity contribution is 6.25. The molecule has 296 valence electrons. The van der Waals surface area contributed by atoms with Crippen LogP contribution < -0.4 is 25.6 Å². The molecular weight excluding hydrogens is 741 g/mol. The molecule has 3 aromatic heterocycles. The van der Waals surface area contributed by atoms with Gasteiger partial charge >= 0.3 is 0 Å². The molecule has 1 saturated carbocycles. The summed E-state index contributed by atoms with van der Waals surface area (Å²) in [7, 11) is 0. The van der Waals surface area contributed by atoms with Crippen LogP contribution in [0.3, 0.4) is 0 Å². The third-order valence-electron chi connectivity index (χ3n) is 11.6. The fraction of sp³-hybridized carbons (Fsp3) is 0.357. The van der Waals surface area contributed by atoms with Crippen molar-refractivity contribution in [3.05, 3.63) is 101 Å². The molecule has 2 saturated heterocycles. The number of pyridine rings is 1. The fourth-order valence-corrected chi connectivity index (χ4v) is 8.31. The predicted molar refractivity (Wildman–Crippen MR) is 211 cm³/mol. The molecule has 58 heavy (non-hydrogen) atoms. The minimum atomic E-state index is -0.995. The third-order valence-corrected chi connectivity index (χ3v) is 11.6. The molecule has 1 atom stereocenters. The molecule has 6 heterocycles. The van der Waals surface area contributed by atoms with E-state index >= 15 is 0 Å². The van der Waals surface area contributed by atoms with Gasteiger partial charge in [0.1, 0.15) is 29.3 Å². The summed E-state index contributed by atoms with van der Waals surface area (Å²) in [5, 5.41) is 8.74. The molecule has 5 aromatic rings. The van der Waals surface area contributed by atoms with Crippen LogP contribution >= 0.6 is 0 Å². The lowest BCUT2D eigenvalue weighted by molar-refractivity contribution is -0.136. The van der Waals surface area contributed by atoms with Crippen LogP contribution in [0.2, 0.25) is 0 Å². The normalized spacial score (nSPS) is 20.8. The minimum Gasteiger partial charge on any atom is -0.493 e. The summed E-state index contributed by atoms with van der Waals surface area (Å²) < 4.78 is 8.25. The Bertz CT molecular complexity index is 2440. The average Bonchev–Trinajstić information content (AvgIpc) is 3.76. The molecule has 0 bridgehead atoms. The van der Waals surface area contributed by atoms with E-state index in [1.165, 1.54) is 6.33 Å². The quantitative estimate of drug-likeness (QED) is 0.164. The number of nitrogens with one attached hydrogen (secondary N) is 3. The summed E-state index contributed by atoms with van der Waals surface area (Å²) in [6, 6.07) is 17.9. The highest BCUT2D eigenvalue weighted by Gasteiger charge is 2.46. The average molecular weight is 783 g/mol. The van der Waals surface area contributed by atoms with Gasteiger partial charge in [0.2, 0.25) is 11.8 Å². The lowest BCUT2D eigenvalue weighted by Gasteiger charge is -2.36. The van der Waals surface area contributed by atoms with E-state index in [9.17, 15) is 24.0 Å². The number of carbonyl (C=O) groups is 5. The number of carbonyl (C=O) groups excluding carboxylic acids is 5. The number of rotatable bonds is 11. The van der Waals surface area contributed by atoms with Crippen molar-refractivity contribution in [3.63, 3.8) is 0 Å². The number of amides is 5. The molecule has 9 rings (SSSR count). The van der Waals surface area contributed by atoms with Crippen LogP contribution in [0.15, 0.2) is 73.3 Å². The second kappa shape index (κ2) is 15.3. The van der Waals surface area contributed by atoms with E-state index in [1.807, 2.05) is 49.4 Å². The number of hydrogen-bond donors (Lipinski definition) is 3. The van der Waals surface area contributed by atoms with E-state index in [2.05, 4.69) is 45.4 Å². The number of piperidine rings is 2. The first kappa shape index (κ1) is 36.9. The van der Waals surface area contributed by atoms with Crippen LogP contribution in [0.4, 0.5) is 11.5 Å². The molecule has 0 spiro atoms. The molecule has 0 radical (unpaired) electrons. The predicted octanol–water partition coefficient (Wildman–Crippen LogP) is 3.97. The van der Waals surface area contributed by atoms with Crippen LogP contribution in [0.5, 0.6) is 5.75 Å². The zero-order valence-electron chi connectivity index (χ0n) is 31.9. The highest BCUT2D eigenvalue weighted by Crippen LogP contribution is 2.37. The van der Waals surface area contributed by atoms with E-state index in [1.54, 1.807) is 24.5 Å². The van der Waals surface area contributed by atoms with Crippen molar-refractivity contribution in [1.29, 1.82) is 0 Å². The van der Waals surface area contributed by atoms with Crippen molar-refractivity contribution in [1.82, 2.24) is 40.0 Å². The van der Waals surface area contributed by atoms with Gasteiger partial charge in [-0.1, -0.05) is 24.3 Å². The Morgan fingerprint density at radius 2 is 1.71 bits per heavy atom. The van der Waals surface area contributed by atoms with Crippen molar-refractivity contribution >= 4 is 52.2 Å². The third kappa shape index (κ3) is 7.09. The molecule has 4 aliphatic rings. The maximum absolute atomic E-state index is 13.6. The molecule has 5 amide bonds. The van der Waals surface area contributed by atoms with Crippen LogP contribution in [0, 0.1) is 12.8 Å². The van der Waals surface area contributed by atoms with E-state index in [-0.39, 0.29) is 36.4 Å². The van der Waals surface area contributed by atoms with Gasteiger partial charge in [-0.25, -0.2) is 19.9 Å². The molecule has 3 N–H and O–H groups in total. The topological polar surface area (TPSA) is 194 Å². The van der Waals surface area contributed by atoms with Crippen LogP contribution in [0.25, 0.3) is 11.2 Å². The van der Waals surface area contributed by atoms with Crippen molar-refractivity contribution in [3.8, 4) is 5.75 Å². The lowest BCUT2D eigenvalue weighted by atomic mass is 9.86. The van der Waals surface area contributed by atoms with Crippen molar-refractivity contribution in [2.45, 2.75) is 70.1 Å². The summed E-state index contributed by atoms with van der Waals surface area (Å²) in [5.41, 5.74) is 5.02. The lowest BCUT2D eigenvalue weighted by Crippen LogP contribution is -2.54. The number of fused-ring (bicyclic) bond motifs is 2. The van der Waals surface area contributed by atoms with E-state index in [0.717, 1.165) is 53.2 Å². The van der Waals surface area contributed by atoms with Gasteiger partial charge in [-0.15, -0.1) is 0 Å². The molecule has 0 unspecified atom stereocenters. The number of hydrogen-bond acceptors (Lipinski definition) is 12. The van der Waals surface area contributed by atoms with E-state index in [0.29, 0.717) is 60.4 Å². The molecule has 3 fully saturated rings. The van der Waals surface area contributed by atoms with Gasteiger partial charge in [-0.3, -0.25) is 34.2 Å². The minimum absolute atomic E-state index is 0.0579. The fourth-order valence-electron chi connectivity index (χ4n) is 8.31. The largest absolute Gasteiger partial charge is 0.493 e. The smallest absolute Gasteiger partial charge is 0.270 e. The molecule has 1 aliphatic carbocycles. The molecule has 3 aliphatic heterocycles. The number of anilines is 2. The highest BCUT2D eigenvalue weighted by atomic mass is 16.5. The SMILES string of the molecule is Cc1cccc(C(=O)NC2CC(n3cnc4c(NCc5ccc(OCC6CCN(c7cccc8c7C(=O)N([C@H]7CCC(=O)NC7=O)C8=O)CC6)cc5)ncnc43)C2)n1. The zero-order chi connectivity index (χ0) is 39.9. The molecule has 16 nitrogen and oxygen atoms in total.